The van der Waals surface area contributed by atoms with Crippen LogP contribution in [-0.2, 0) is 11.2 Å². The van der Waals surface area contributed by atoms with Crippen molar-refractivity contribution in [2.24, 2.45) is 5.41 Å². The first-order valence-corrected chi connectivity index (χ1v) is 12.0. The lowest BCUT2D eigenvalue weighted by molar-refractivity contribution is -0.133. The van der Waals surface area contributed by atoms with Gasteiger partial charge in [0.15, 0.2) is 5.82 Å². The van der Waals surface area contributed by atoms with Crippen LogP contribution in [0.4, 0.5) is 13.2 Å². The van der Waals surface area contributed by atoms with E-state index in [1.807, 2.05) is 6.33 Å². The Morgan fingerprint density at radius 2 is 1.76 bits per heavy atom. The SMILES string of the molecule is CC(=O)N1CC(c2ccc(CC(F)(F)F)cc2)C1.c1nc(C2CC2)nn1C1CC2(CCC2)C1. The predicted molar refractivity (Wildman–Crippen MR) is 118 cm³/mol. The molecule has 8 heteroatoms. The fourth-order valence-electron chi connectivity index (χ4n) is 5.29. The van der Waals surface area contributed by atoms with Crippen molar-refractivity contribution in [2.75, 3.05) is 13.1 Å². The van der Waals surface area contributed by atoms with Gasteiger partial charge in [-0.15, -0.1) is 0 Å². The van der Waals surface area contributed by atoms with E-state index in [9.17, 15) is 18.0 Å². The second kappa shape index (κ2) is 8.44. The maximum absolute atomic E-state index is 12.2. The Labute approximate surface area is 192 Å². The molecule has 3 aliphatic carbocycles. The highest BCUT2D eigenvalue weighted by atomic mass is 19.4. The number of benzene rings is 1. The molecule has 1 amide bonds. The van der Waals surface area contributed by atoms with Crippen LogP contribution < -0.4 is 0 Å². The molecule has 0 unspecified atom stereocenters. The Bertz CT molecular complexity index is 978. The van der Waals surface area contributed by atoms with E-state index in [0.29, 0.717) is 25.0 Å². The number of carbonyl (C=O) groups is 1. The molecule has 6 rings (SSSR count). The normalized spacial score (nSPS) is 22.1. The van der Waals surface area contributed by atoms with Gasteiger partial charge in [0, 0.05) is 31.8 Å². The van der Waals surface area contributed by atoms with Crippen molar-refractivity contribution in [2.45, 2.75) is 82.3 Å². The predicted octanol–water partition coefficient (Wildman–Crippen LogP) is 5.40. The zero-order valence-electron chi connectivity index (χ0n) is 19.0. The first-order chi connectivity index (χ1) is 15.7. The fourth-order valence-corrected chi connectivity index (χ4v) is 5.29. The van der Waals surface area contributed by atoms with E-state index >= 15 is 0 Å². The molecule has 1 aromatic carbocycles. The summed E-state index contributed by atoms with van der Waals surface area (Å²) in [6.45, 7) is 2.84. The minimum atomic E-state index is -4.16. The number of amides is 1. The Morgan fingerprint density at radius 3 is 2.27 bits per heavy atom. The molecule has 1 aromatic heterocycles. The molecule has 2 aromatic rings. The van der Waals surface area contributed by atoms with Gasteiger partial charge in [0.25, 0.3) is 0 Å². The smallest absolute Gasteiger partial charge is 0.342 e. The van der Waals surface area contributed by atoms with Gasteiger partial charge in [0.2, 0.25) is 5.91 Å². The van der Waals surface area contributed by atoms with Gasteiger partial charge in [-0.25, -0.2) is 9.67 Å². The van der Waals surface area contributed by atoms with E-state index in [2.05, 4.69) is 14.8 Å². The molecule has 0 atom stereocenters. The summed E-state index contributed by atoms with van der Waals surface area (Å²) < 4.78 is 38.7. The van der Waals surface area contributed by atoms with Crippen molar-refractivity contribution in [3.8, 4) is 0 Å². The number of alkyl halides is 3. The topological polar surface area (TPSA) is 51.0 Å². The zero-order chi connectivity index (χ0) is 23.2. The van der Waals surface area contributed by atoms with E-state index in [0.717, 1.165) is 16.8 Å². The molecular formula is C25H31F3N4O. The van der Waals surface area contributed by atoms with Crippen LogP contribution in [0, 0.1) is 5.41 Å². The highest BCUT2D eigenvalue weighted by Crippen LogP contribution is 2.60. The summed E-state index contributed by atoms with van der Waals surface area (Å²) in [6, 6.07) is 7.15. The molecule has 3 saturated carbocycles. The summed E-state index contributed by atoms with van der Waals surface area (Å²) in [7, 11) is 0. The average Bonchev–Trinajstić information content (AvgIpc) is 3.37. The van der Waals surface area contributed by atoms with Gasteiger partial charge in [-0.05, 0) is 55.1 Å². The lowest BCUT2D eigenvalue weighted by atomic mass is 9.54. The lowest BCUT2D eigenvalue weighted by Crippen LogP contribution is -2.47. The summed E-state index contributed by atoms with van der Waals surface area (Å²) >= 11 is 0. The molecule has 4 fully saturated rings. The first-order valence-electron chi connectivity index (χ1n) is 12.0. The van der Waals surface area contributed by atoms with Crippen molar-refractivity contribution in [1.29, 1.82) is 0 Å². The molecule has 1 aliphatic heterocycles. The largest absolute Gasteiger partial charge is 0.393 e. The number of carbonyl (C=O) groups excluding carboxylic acids is 1. The van der Waals surface area contributed by atoms with Crippen LogP contribution in [-0.4, -0.2) is 44.8 Å². The fraction of sp³-hybridized carbons (Fsp3) is 0.640. The molecular weight excluding hydrogens is 429 g/mol. The summed E-state index contributed by atoms with van der Waals surface area (Å²) in [5.74, 6) is 2.10. The van der Waals surface area contributed by atoms with Crippen LogP contribution in [0.5, 0.6) is 0 Å². The van der Waals surface area contributed by atoms with Crippen LogP contribution in [0.2, 0.25) is 0 Å². The Kier molecular flexibility index (Phi) is 5.73. The van der Waals surface area contributed by atoms with Crippen LogP contribution in [0.25, 0.3) is 0 Å². The van der Waals surface area contributed by atoms with Gasteiger partial charge in [-0.1, -0.05) is 30.7 Å². The van der Waals surface area contributed by atoms with Crippen molar-refractivity contribution in [3.05, 3.63) is 47.5 Å². The second-order valence-corrected chi connectivity index (χ2v) is 10.4. The first kappa shape index (κ1) is 22.4. The van der Waals surface area contributed by atoms with Gasteiger partial charge in [0.05, 0.1) is 12.5 Å². The summed E-state index contributed by atoms with van der Waals surface area (Å²) in [4.78, 5) is 17.2. The van der Waals surface area contributed by atoms with Gasteiger partial charge in [-0.2, -0.15) is 18.3 Å². The number of hydrogen-bond acceptors (Lipinski definition) is 3. The zero-order valence-corrected chi connectivity index (χ0v) is 19.0. The number of aromatic nitrogens is 3. The summed E-state index contributed by atoms with van der Waals surface area (Å²) in [5, 5.41) is 4.62. The highest BCUT2D eigenvalue weighted by molar-refractivity contribution is 5.74. The molecule has 0 radical (unpaired) electrons. The highest BCUT2D eigenvalue weighted by Gasteiger charge is 2.49. The number of hydrogen-bond donors (Lipinski definition) is 0. The number of nitrogens with zero attached hydrogens (tertiary/aromatic N) is 4. The maximum atomic E-state index is 12.2. The molecule has 0 bridgehead atoms. The Hall–Kier alpha value is -2.38. The van der Waals surface area contributed by atoms with Crippen molar-refractivity contribution in [1.82, 2.24) is 19.7 Å². The van der Waals surface area contributed by atoms with Gasteiger partial charge in [-0.3, -0.25) is 4.79 Å². The summed E-state index contributed by atoms with van der Waals surface area (Å²) in [5.41, 5.74) is 2.02. The second-order valence-electron chi connectivity index (χ2n) is 10.4. The number of likely N-dealkylation sites (tertiary alicyclic amines) is 1. The molecule has 2 heterocycles. The third-order valence-corrected chi connectivity index (χ3v) is 7.78. The standard InChI is InChI=1S/C13H14F3NO.C12H17N3/c1-9(18)17-7-12(8-17)11-4-2-10(3-5-11)6-13(14,15)16;1-4-12(5-1)6-10(7-12)15-8-13-11(14-15)9-2-3-9/h2-5,12H,6-8H2,1H3;8-10H,1-7H2. The molecule has 5 nitrogen and oxygen atoms in total. The third-order valence-electron chi connectivity index (χ3n) is 7.78. The average molecular weight is 461 g/mol. The van der Waals surface area contributed by atoms with E-state index in [-0.39, 0.29) is 17.4 Å². The van der Waals surface area contributed by atoms with E-state index < -0.39 is 12.6 Å². The molecule has 1 saturated heterocycles. The van der Waals surface area contributed by atoms with Gasteiger partial charge < -0.3 is 4.90 Å². The minimum Gasteiger partial charge on any atom is -0.342 e. The van der Waals surface area contributed by atoms with E-state index in [1.54, 1.807) is 17.0 Å². The van der Waals surface area contributed by atoms with Crippen molar-refractivity contribution >= 4 is 5.91 Å². The van der Waals surface area contributed by atoms with Crippen molar-refractivity contribution in [3.63, 3.8) is 0 Å². The molecule has 178 valence electrons. The number of halogens is 3. The maximum Gasteiger partial charge on any atom is 0.393 e. The van der Waals surface area contributed by atoms with Crippen LogP contribution in [0.3, 0.4) is 0 Å². The number of rotatable bonds is 4. The van der Waals surface area contributed by atoms with E-state index in [1.165, 1.54) is 64.0 Å². The van der Waals surface area contributed by atoms with Gasteiger partial charge in [0.1, 0.15) is 6.33 Å². The Morgan fingerprint density at radius 1 is 1.09 bits per heavy atom. The molecule has 0 N–H and O–H groups in total. The lowest BCUT2D eigenvalue weighted by Gasteiger charge is -2.53. The molecule has 4 aliphatic rings. The van der Waals surface area contributed by atoms with Crippen LogP contribution in [0.15, 0.2) is 30.6 Å². The minimum absolute atomic E-state index is 0.0416. The van der Waals surface area contributed by atoms with Crippen molar-refractivity contribution < 1.29 is 18.0 Å². The van der Waals surface area contributed by atoms with E-state index in [4.69, 9.17) is 0 Å². The third kappa shape index (κ3) is 5.09. The monoisotopic (exact) mass is 460 g/mol. The van der Waals surface area contributed by atoms with Gasteiger partial charge >= 0.3 is 6.18 Å². The summed E-state index contributed by atoms with van der Waals surface area (Å²) in [6.07, 6.45) is 6.63. The molecule has 33 heavy (non-hydrogen) atoms. The quantitative estimate of drug-likeness (QED) is 0.614. The molecule has 1 spiro atoms. The Balaban J connectivity index is 0.000000140. The van der Waals surface area contributed by atoms with Crippen LogP contribution >= 0.6 is 0 Å². The van der Waals surface area contributed by atoms with Crippen LogP contribution in [0.1, 0.15) is 86.7 Å².